The van der Waals surface area contributed by atoms with E-state index in [1.165, 1.54) is 0 Å². The Kier molecular flexibility index (Phi) is 4.15. The van der Waals surface area contributed by atoms with Crippen LogP contribution >= 0.6 is 0 Å². The van der Waals surface area contributed by atoms with Crippen LogP contribution in [0.15, 0.2) is 29.8 Å². The normalized spacial score (nSPS) is 22.2. The van der Waals surface area contributed by atoms with E-state index in [0.717, 1.165) is 23.3 Å². The van der Waals surface area contributed by atoms with Crippen LogP contribution in [0.2, 0.25) is 0 Å². The zero-order valence-corrected chi connectivity index (χ0v) is 10.6. The van der Waals surface area contributed by atoms with Crippen LogP contribution in [0.3, 0.4) is 0 Å². The van der Waals surface area contributed by atoms with Crippen LogP contribution in [-0.2, 0) is 4.79 Å². The number of Topliss-reactive ketones (excluding diaryl/α,β-unsaturated/α-hetero) is 1. The van der Waals surface area contributed by atoms with Crippen LogP contribution in [0.5, 0.6) is 5.75 Å². The van der Waals surface area contributed by atoms with E-state index in [1.807, 2.05) is 30.3 Å². The Bertz CT molecular complexity index is 463. The number of ketones is 1. The van der Waals surface area contributed by atoms with E-state index < -0.39 is 0 Å². The van der Waals surface area contributed by atoms with Crippen molar-refractivity contribution < 1.29 is 14.6 Å². The maximum atomic E-state index is 11.8. The molecule has 0 spiro atoms. The molecule has 1 N–H and O–H groups in total. The summed E-state index contributed by atoms with van der Waals surface area (Å²) in [4.78, 5) is 11.8. The molecule has 0 saturated heterocycles. The molecule has 1 fully saturated rings. The molecular formula is C15H18O3. The van der Waals surface area contributed by atoms with Crippen LogP contribution in [0.25, 0.3) is 6.08 Å². The lowest BCUT2D eigenvalue weighted by molar-refractivity contribution is -0.117. The number of hydrogen-bond donors (Lipinski definition) is 1. The Balaban J connectivity index is 2.21. The third-order valence-corrected chi connectivity index (χ3v) is 3.34. The van der Waals surface area contributed by atoms with Crippen LogP contribution in [-0.4, -0.2) is 24.6 Å². The van der Waals surface area contributed by atoms with Gasteiger partial charge in [0.15, 0.2) is 5.78 Å². The van der Waals surface area contributed by atoms with Crippen molar-refractivity contribution in [3.05, 3.63) is 35.4 Å². The largest absolute Gasteiger partial charge is 0.497 e. The van der Waals surface area contributed by atoms with Crippen molar-refractivity contribution in [1.82, 2.24) is 0 Å². The zero-order chi connectivity index (χ0) is 13.0. The zero-order valence-electron chi connectivity index (χ0n) is 10.6. The van der Waals surface area contributed by atoms with E-state index in [2.05, 4.69) is 0 Å². The van der Waals surface area contributed by atoms with Gasteiger partial charge in [-0.3, -0.25) is 4.79 Å². The first-order valence-corrected chi connectivity index (χ1v) is 6.21. The number of hydrogen-bond acceptors (Lipinski definition) is 3. The maximum Gasteiger partial charge on any atom is 0.158 e. The molecule has 0 bridgehead atoms. The molecule has 2 rings (SSSR count). The fraction of sp³-hybridized carbons (Fsp3) is 0.400. The van der Waals surface area contributed by atoms with Gasteiger partial charge in [-0.15, -0.1) is 0 Å². The topological polar surface area (TPSA) is 46.5 Å². The van der Waals surface area contributed by atoms with Crippen LogP contribution in [0.1, 0.15) is 24.8 Å². The minimum absolute atomic E-state index is 0.155. The van der Waals surface area contributed by atoms with Gasteiger partial charge in [0.25, 0.3) is 0 Å². The number of ether oxygens (including phenoxy) is 1. The summed E-state index contributed by atoms with van der Waals surface area (Å²) in [6.45, 7) is 0.155. The molecule has 1 atom stereocenters. The molecule has 1 aromatic carbocycles. The second-order valence-corrected chi connectivity index (χ2v) is 4.66. The lowest BCUT2D eigenvalue weighted by atomic mass is 9.84. The average Bonchev–Trinajstić information content (AvgIpc) is 2.41. The third kappa shape index (κ3) is 2.99. The van der Waals surface area contributed by atoms with Crippen molar-refractivity contribution >= 4 is 11.9 Å². The van der Waals surface area contributed by atoms with E-state index in [9.17, 15) is 9.90 Å². The van der Waals surface area contributed by atoms with E-state index in [0.29, 0.717) is 12.8 Å². The van der Waals surface area contributed by atoms with Crippen molar-refractivity contribution in [3.8, 4) is 5.75 Å². The number of methoxy groups -OCH3 is 1. The average molecular weight is 246 g/mol. The SMILES string of the molecule is COc1cccc(C=C2CC(CO)CCC2=O)c1. The third-order valence-electron chi connectivity index (χ3n) is 3.34. The Morgan fingerprint density at radius 2 is 2.33 bits per heavy atom. The highest BCUT2D eigenvalue weighted by Gasteiger charge is 2.22. The molecule has 1 aromatic rings. The van der Waals surface area contributed by atoms with Gasteiger partial charge in [0.05, 0.1) is 7.11 Å². The van der Waals surface area contributed by atoms with Crippen molar-refractivity contribution in [2.24, 2.45) is 5.92 Å². The fourth-order valence-corrected chi connectivity index (χ4v) is 2.25. The second kappa shape index (κ2) is 5.83. The molecule has 1 aliphatic carbocycles. The Labute approximate surface area is 107 Å². The Hall–Kier alpha value is -1.61. The number of benzene rings is 1. The second-order valence-electron chi connectivity index (χ2n) is 4.66. The molecule has 18 heavy (non-hydrogen) atoms. The molecule has 0 aliphatic heterocycles. The molecule has 0 heterocycles. The highest BCUT2D eigenvalue weighted by molar-refractivity contribution is 6.00. The number of allylic oxidation sites excluding steroid dienone is 1. The molecule has 3 heteroatoms. The number of carbonyl (C=O) groups excluding carboxylic acids is 1. The summed E-state index contributed by atoms with van der Waals surface area (Å²) < 4.78 is 5.16. The van der Waals surface area contributed by atoms with Crippen molar-refractivity contribution in [2.45, 2.75) is 19.3 Å². The fourth-order valence-electron chi connectivity index (χ4n) is 2.25. The van der Waals surface area contributed by atoms with E-state index in [-0.39, 0.29) is 18.3 Å². The minimum Gasteiger partial charge on any atom is -0.497 e. The summed E-state index contributed by atoms with van der Waals surface area (Å²) in [6.07, 6.45) is 3.92. The molecule has 96 valence electrons. The van der Waals surface area contributed by atoms with Crippen LogP contribution in [0.4, 0.5) is 0 Å². The summed E-state index contributed by atoms with van der Waals surface area (Å²) in [5.74, 6) is 1.20. The summed E-state index contributed by atoms with van der Waals surface area (Å²) in [5.41, 5.74) is 1.78. The molecule has 0 radical (unpaired) electrons. The van der Waals surface area contributed by atoms with Gasteiger partial charge in [-0.2, -0.15) is 0 Å². The molecule has 1 aliphatic rings. The van der Waals surface area contributed by atoms with Gasteiger partial charge < -0.3 is 9.84 Å². The predicted molar refractivity (Wildman–Crippen MR) is 70.4 cm³/mol. The maximum absolute atomic E-state index is 11.8. The van der Waals surface area contributed by atoms with Gasteiger partial charge in [-0.1, -0.05) is 12.1 Å². The number of rotatable bonds is 3. The summed E-state index contributed by atoms with van der Waals surface area (Å²) in [6, 6.07) is 7.64. The van der Waals surface area contributed by atoms with Gasteiger partial charge in [0.2, 0.25) is 0 Å². The highest BCUT2D eigenvalue weighted by Crippen LogP contribution is 2.27. The summed E-state index contributed by atoms with van der Waals surface area (Å²) >= 11 is 0. The minimum atomic E-state index is 0.155. The first kappa shape index (κ1) is 12.8. The van der Waals surface area contributed by atoms with Crippen LogP contribution in [0, 0.1) is 5.92 Å². The monoisotopic (exact) mass is 246 g/mol. The van der Waals surface area contributed by atoms with E-state index in [1.54, 1.807) is 7.11 Å². The Morgan fingerprint density at radius 3 is 3.06 bits per heavy atom. The first-order valence-electron chi connectivity index (χ1n) is 6.21. The summed E-state index contributed by atoms with van der Waals surface area (Å²) in [7, 11) is 1.62. The standard InChI is InChI=1S/C15H18O3/c1-18-14-4-2-3-11(9-14)7-13-8-12(10-16)5-6-15(13)17/h2-4,7,9,12,16H,5-6,8,10H2,1H3. The molecule has 0 aromatic heterocycles. The number of aliphatic hydroxyl groups excluding tert-OH is 1. The van der Waals surface area contributed by atoms with Crippen molar-refractivity contribution in [1.29, 1.82) is 0 Å². The van der Waals surface area contributed by atoms with Gasteiger partial charge in [-0.25, -0.2) is 0 Å². The first-order chi connectivity index (χ1) is 8.72. The smallest absolute Gasteiger partial charge is 0.158 e. The van der Waals surface area contributed by atoms with E-state index >= 15 is 0 Å². The summed E-state index contributed by atoms with van der Waals surface area (Å²) in [5, 5.41) is 9.18. The lowest BCUT2D eigenvalue weighted by Gasteiger charge is -2.21. The van der Waals surface area contributed by atoms with Gasteiger partial charge in [-0.05, 0) is 48.1 Å². The Morgan fingerprint density at radius 1 is 1.50 bits per heavy atom. The van der Waals surface area contributed by atoms with Crippen LogP contribution < -0.4 is 4.74 Å². The predicted octanol–water partition coefficient (Wildman–Crippen LogP) is 2.44. The number of carbonyl (C=O) groups is 1. The highest BCUT2D eigenvalue weighted by atomic mass is 16.5. The molecule has 1 unspecified atom stereocenters. The van der Waals surface area contributed by atoms with Gasteiger partial charge in [0.1, 0.15) is 5.75 Å². The van der Waals surface area contributed by atoms with Gasteiger partial charge >= 0.3 is 0 Å². The molecule has 3 nitrogen and oxygen atoms in total. The van der Waals surface area contributed by atoms with Crippen molar-refractivity contribution in [2.75, 3.05) is 13.7 Å². The van der Waals surface area contributed by atoms with Gasteiger partial charge in [0, 0.05) is 13.0 Å². The molecule has 0 amide bonds. The molecular weight excluding hydrogens is 228 g/mol. The van der Waals surface area contributed by atoms with Crippen molar-refractivity contribution in [3.63, 3.8) is 0 Å². The number of aliphatic hydroxyl groups is 1. The molecule has 1 saturated carbocycles. The quantitative estimate of drug-likeness (QED) is 0.833. The van der Waals surface area contributed by atoms with E-state index in [4.69, 9.17) is 4.74 Å². The lowest BCUT2D eigenvalue weighted by Crippen LogP contribution is -2.19.